The van der Waals surface area contributed by atoms with Crippen molar-refractivity contribution in [3.63, 3.8) is 0 Å². The molecule has 82 valence electrons. The third kappa shape index (κ3) is 2.44. The fourth-order valence-electron chi connectivity index (χ4n) is 1.33. The van der Waals surface area contributed by atoms with Crippen LogP contribution < -0.4 is 0 Å². The van der Waals surface area contributed by atoms with Gasteiger partial charge in [0.1, 0.15) is 5.60 Å². The number of aliphatic carboxylic acids is 1. The molecule has 1 rings (SSSR count). The summed E-state index contributed by atoms with van der Waals surface area (Å²) in [5, 5.41) is 27.7. The minimum absolute atomic E-state index is 0.216. The lowest BCUT2D eigenvalue weighted by molar-refractivity contribution is -0.136. The fourth-order valence-corrected chi connectivity index (χ4v) is 1.33. The van der Waals surface area contributed by atoms with Crippen LogP contribution in [0.4, 0.5) is 0 Å². The molecule has 15 heavy (non-hydrogen) atoms. The normalized spacial score (nSPS) is 25.5. The molecule has 0 spiro atoms. The average molecular weight is 212 g/mol. The molecule has 1 unspecified atom stereocenters. The molecule has 5 nitrogen and oxygen atoms in total. The van der Waals surface area contributed by atoms with Gasteiger partial charge in [0.05, 0.1) is 12.2 Å². The summed E-state index contributed by atoms with van der Waals surface area (Å²) in [6.45, 7) is 1.21. The monoisotopic (exact) mass is 212 g/mol. The van der Waals surface area contributed by atoms with Crippen molar-refractivity contribution in [2.24, 2.45) is 0 Å². The van der Waals surface area contributed by atoms with E-state index in [2.05, 4.69) is 0 Å². The van der Waals surface area contributed by atoms with Crippen molar-refractivity contribution < 1.29 is 24.9 Å². The van der Waals surface area contributed by atoms with Gasteiger partial charge in [-0.2, -0.15) is 0 Å². The molecule has 0 aliphatic heterocycles. The van der Waals surface area contributed by atoms with Crippen LogP contribution in [-0.4, -0.2) is 32.7 Å². The number of Topliss-reactive ketones (excluding diaryl/α,β-unsaturated/α-hetero) is 1. The second-order valence-electron chi connectivity index (χ2n) is 3.53. The highest BCUT2D eigenvalue weighted by molar-refractivity contribution is 5.88. The molecule has 1 atom stereocenters. The first-order valence-electron chi connectivity index (χ1n) is 4.40. The van der Waals surface area contributed by atoms with Gasteiger partial charge in [0.2, 0.25) is 0 Å². The lowest BCUT2D eigenvalue weighted by Crippen LogP contribution is -2.36. The van der Waals surface area contributed by atoms with Crippen molar-refractivity contribution in [2.75, 3.05) is 0 Å². The third-order valence-electron chi connectivity index (χ3n) is 2.32. The molecule has 3 N–H and O–H groups in total. The molecule has 0 saturated carbocycles. The van der Waals surface area contributed by atoms with Gasteiger partial charge in [0.15, 0.2) is 5.78 Å². The fraction of sp³-hybridized carbons (Fsp3) is 0.400. The molecule has 0 aromatic rings. The van der Waals surface area contributed by atoms with Gasteiger partial charge in [-0.1, -0.05) is 6.08 Å². The van der Waals surface area contributed by atoms with Crippen molar-refractivity contribution in [1.29, 1.82) is 0 Å². The van der Waals surface area contributed by atoms with Crippen molar-refractivity contribution >= 4 is 11.8 Å². The van der Waals surface area contributed by atoms with Crippen LogP contribution >= 0.6 is 0 Å². The summed E-state index contributed by atoms with van der Waals surface area (Å²) in [5.74, 6) is -1.81. The lowest BCUT2D eigenvalue weighted by Gasteiger charge is -2.25. The summed E-state index contributed by atoms with van der Waals surface area (Å²) in [6.07, 6.45) is 1.90. The zero-order valence-electron chi connectivity index (χ0n) is 8.23. The van der Waals surface area contributed by atoms with E-state index in [4.69, 9.17) is 5.11 Å². The Kier molecular flexibility index (Phi) is 2.95. The van der Waals surface area contributed by atoms with Crippen molar-refractivity contribution in [1.82, 2.24) is 0 Å². The smallest absolute Gasteiger partial charge is 0.307 e. The van der Waals surface area contributed by atoms with Gasteiger partial charge >= 0.3 is 5.97 Å². The van der Waals surface area contributed by atoms with E-state index in [1.165, 1.54) is 19.1 Å². The molecule has 0 saturated heterocycles. The Morgan fingerprint density at radius 3 is 2.53 bits per heavy atom. The second-order valence-corrected chi connectivity index (χ2v) is 3.53. The Hall–Kier alpha value is -1.62. The molecular weight excluding hydrogens is 200 g/mol. The van der Waals surface area contributed by atoms with Gasteiger partial charge in [-0.3, -0.25) is 9.59 Å². The number of carbonyl (C=O) groups excluding carboxylic acids is 1. The summed E-state index contributed by atoms with van der Waals surface area (Å²) < 4.78 is 0. The van der Waals surface area contributed by atoms with Crippen molar-refractivity contribution in [3.05, 3.63) is 23.5 Å². The van der Waals surface area contributed by atoms with E-state index in [0.29, 0.717) is 0 Å². The SMILES string of the molecule is CC(=O)C1(O)C=CC(CC(=O)O)=C(O)C1. The van der Waals surface area contributed by atoms with Crippen LogP contribution in [0.5, 0.6) is 0 Å². The summed E-state index contributed by atoms with van der Waals surface area (Å²) in [4.78, 5) is 21.4. The Morgan fingerprint density at radius 1 is 1.53 bits per heavy atom. The number of aliphatic hydroxyl groups is 2. The van der Waals surface area contributed by atoms with E-state index in [0.717, 1.165) is 0 Å². The number of carbonyl (C=O) groups is 2. The lowest BCUT2D eigenvalue weighted by atomic mass is 9.87. The molecular formula is C10H12O5. The number of ketones is 1. The Labute approximate surface area is 86.3 Å². The molecule has 5 heteroatoms. The maximum Gasteiger partial charge on any atom is 0.307 e. The Balaban J connectivity index is 2.89. The minimum Gasteiger partial charge on any atom is -0.512 e. The van der Waals surface area contributed by atoms with Crippen LogP contribution in [0, 0.1) is 0 Å². The van der Waals surface area contributed by atoms with Crippen molar-refractivity contribution in [2.45, 2.75) is 25.4 Å². The van der Waals surface area contributed by atoms with Crippen LogP contribution in [0.1, 0.15) is 19.8 Å². The summed E-state index contributed by atoms with van der Waals surface area (Å²) in [5.41, 5.74) is -1.49. The first kappa shape index (κ1) is 11.5. The number of rotatable bonds is 3. The Morgan fingerprint density at radius 2 is 2.13 bits per heavy atom. The molecule has 1 aliphatic carbocycles. The molecule has 0 bridgehead atoms. The van der Waals surface area contributed by atoms with Crippen LogP contribution in [-0.2, 0) is 9.59 Å². The summed E-state index contributed by atoms with van der Waals surface area (Å²) in [7, 11) is 0. The highest BCUT2D eigenvalue weighted by Crippen LogP contribution is 2.27. The highest BCUT2D eigenvalue weighted by Gasteiger charge is 2.34. The van der Waals surface area contributed by atoms with E-state index in [-0.39, 0.29) is 24.2 Å². The minimum atomic E-state index is -1.70. The second kappa shape index (κ2) is 3.86. The standard InChI is InChI=1S/C10H12O5/c1-6(11)10(15)3-2-7(4-9(13)14)8(12)5-10/h2-3,12,15H,4-5H2,1H3,(H,13,14). The number of hydrogen-bond donors (Lipinski definition) is 3. The molecule has 1 aliphatic rings. The number of aliphatic hydroxyl groups excluding tert-OH is 1. The van der Waals surface area contributed by atoms with Gasteiger partial charge < -0.3 is 15.3 Å². The predicted molar refractivity (Wildman–Crippen MR) is 51.3 cm³/mol. The first-order chi connectivity index (χ1) is 6.85. The zero-order chi connectivity index (χ0) is 11.6. The largest absolute Gasteiger partial charge is 0.512 e. The maximum absolute atomic E-state index is 11.0. The molecule has 0 aromatic carbocycles. The van der Waals surface area contributed by atoms with Gasteiger partial charge in [-0.15, -0.1) is 0 Å². The molecule has 0 aromatic heterocycles. The van der Waals surface area contributed by atoms with Gasteiger partial charge in [0.25, 0.3) is 0 Å². The average Bonchev–Trinajstić information content (AvgIpc) is 2.09. The van der Waals surface area contributed by atoms with E-state index >= 15 is 0 Å². The molecule has 0 heterocycles. The van der Waals surface area contributed by atoms with Gasteiger partial charge in [0, 0.05) is 12.0 Å². The van der Waals surface area contributed by atoms with E-state index < -0.39 is 17.4 Å². The van der Waals surface area contributed by atoms with E-state index in [1.807, 2.05) is 0 Å². The van der Waals surface area contributed by atoms with Gasteiger partial charge in [-0.05, 0) is 13.0 Å². The number of carboxylic acid groups (broad SMARTS) is 1. The zero-order valence-corrected chi connectivity index (χ0v) is 8.23. The Bertz CT molecular complexity index is 366. The topological polar surface area (TPSA) is 94.8 Å². The number of allylic oxidation sites excluding steroid dienone is 1. The van der Waals surface area contributed by atoms with Crippen LogP contribution in [0.25, 0.3) is 0 Å². The molecule has 0 amide bonds. The van der Waals surface area contributed by atoms with Gasteiger partial charge in [-0.25, -0.2) is 0 Å². The predicted octanol–water partition coefficient (Wildman–Crippen LogP) is 0.553. The molecule has 0 radical (unpaired) electrons. The first-order valence-corrected chi connectivity index (χ1v) is 4.40. The third-order valence-corrected chi connectivity index (χ3v) is 2.32. The number of hydrogen-bond acceptors (Lipinski definition) is 4. The quantitative estimate of drug-likeness (QED) is 0.635. The maximum atomic E-state index is 11.0. The van der Waals surface area contributed by atoms with E-state index in [1.54, 1.807) is 0 Å². The van der Waals surface area contributed by atoms with Crippen molar-refractivity contribution in [3.8, 4) is 0 Å². The molecule has 0 fully saturated rings. The van der Waals surface area contributed by atoms with E-state index in [9.17, 15) is 19.8 Å². The number of carboxylic acids is 1. The summed E-state index contributed by atoms with van der Waals surface area (Å²) >= 11 is 0. The van der Waals surface area contributed by atoms with Crippen LogP contribution in [0.3, 0.4) is 0 Å². The highest BCUT2D eigenvalue weighted by atomic mass is 16.4. The summed E-state index contributed by atoms with van der Waals surface area (Å²) in [6, 6.07) is 0. The van der Waals surface area contributed by atoms with Crippen LogP contribution in [0.2, 0.25) is 0 Å². The van der Waals surface area contributed by atoms with Crippen LogP contribution in [0.15, 0.2) is 23.5 Å².